The summed E-state index contributed by atoms with van der Waals surface area (Å²) in [7, 11) is 0. The Balaban J connectivity index is 1.91. The number of hydrogen-bond donors (Lipinski definition) is 0. The Labute approximate surface area is 160 Å². The van der Waals surface area contributed by atoms with Gasteiger partial charge in [-0.05, 0) is 93.5 Å². The average Bonchev–Trinajstić information content (AvgIpc) is 2.95. The maximum Gasteiger partial charge on any atom is 0.142 e. The number of carbonyl (C=O) groups excluding carboxylic acids is 1. The molecule has 6 atom stereocenters. The van der Waals surface area contributed by atoms with Crippen molar-refractivity contribution in [3.8, 4) is 0 Å². The van der Waals surface area contributed by atoms with Crippen LogP contribution in [0.2, 0.25) is 0 Å². The Morgan fingerprint density at radius 1 is 1.15 bits per heavy atom. The van der Waals surface area contributed by atoms with Gasteiger partial charge in [0.15, 0.2) is 0 Å². The molecule has 0 bridgehead atoms. The fourth-order valence-corrected chi connectivity index (χ4v) is 7.59. The van der Waals surface area contributed by atoms with Gasteiger partial charge in [0.2, 0.25) is 0 Å². The molecule has 26 heavy (non-hydrogen) atoms. The molecule has 0 aromatic rings. The van der Waals surface area contributed by atoms with E-state index < -0.39 is 0 Å². The highest BCUT2D eigenvalue weighted by Gasteiger charge is 2.58. The van der Waals surface area contributed by atoms with E-state index in [1.54, 1.807) is 0 Å². The van der Waals surface area contributed by atoms with Gasteiger partial charge in [-0.1, -0.05) is 32.8 Å². The van der Waals surface area contributed by atoms with Crippen LogP contribution >= 0.6 is 0 Å². The van der Waals surface area contributed by atoms with Gasteiger partial charge in [0.1, 0.15) is 6.29 Å². The lowest BCUT2D eigenvalue weighted by atomic mass is 9.47. The summed E-state index contributed by atoms with van der Waals surface area (Å²) >= 11 is 0. The monoisotopic (exact) mass is 357 g/mol. The lowest BCUT2D eigenvalue weighted by Crippen LogP contribution is -2.50. The highest BCUT2D eigenvalue weighted by Crippen LogP contribution is 2.66. The van der Waals surface area contributed by atoms with E-state index in [0.29, 0.717) is 11.3 Å². The van der Waals surface area contributed by atoms with Crippen molar-refractivity contribution >= 4 is 12.0 Å². The predicted octanol–water partition coefficient (Wildman–Crippen LogP) is 6.25. The number of nitrogens with zero attached hydrogens (tertiary/aromatic N) is 1. The number of rotatable bonds is 5. The van der Waals surface area contributed by atoms with Crippen LogP contribution in [0.4, 0.5) is 0 Å². The van der Waals surface area contributed by atoms with Gasteiger partial charge in [-0.3, -0.25) is 9.79 Å². The molecular formula is C24H39NO. The van der Waals surface area contributed by atoms with Gasteiger partial charge in [0.05, 0.1) is 0 Å². The maximum atomic E-state index is 11.2. The fraction of sp³-hybridized carbons (Fsp3) is 0.833. The first kappa shape index (κ1) is 19.8. The van der Waals surface area contributed by atoms with Crippen LogP contribution in [-0.2, 0) is 4.79 Å². The Hall–Kier alpha value is -0.920. The Morgan fingerprint density at radius 3 is 2.58 bits per heavy atom. The summed E-state index contributed by atoms with van der Waals surface area (Å²) in [4.78, 5) is 16.1. The quantitative estimate of drug-likeness (QED) is 0.325. The van der Waals surface area contributed by atoms with Crippen molar-refractivity contribution in [2.75, 3.05) is 6.54 Å². The SMILES string of the molecule is CCCC1(C)/C(=C\C=O)CCC2C1CCC1(C)C(C(C)=NCC)CCC21. The molecular weight excluding hydrogens is 318 g/mol. The standard InChI is InChI=1S/C24H39NO/c1-6-14-23(4)18(13-16-26)8-9-19-21-11-10-20(17(3)25-7-2)24(21,5)15-12-22(19)23/h13,16,19-22H,6-12,14-15H2,1-5H3/b18-13-,25-17?. The van der Waals surface area contributed by atoms with Crippen molar-refractivity contribution in [3.63, 3.8) is 0 Å². The molecule has 3 rings (SSSR count). The average molecular weight is 358 g/mol. The van der Waals surface area contributed by atoms with Crippen LogP contribution in [0.1, 0.15) is 86.0 Å². The first-order valence-corrected chi connectivity index (χ1v) is 11.1. The zero-order valence-corrected chi connectivity index (χ0v) is 17.7. The molecule has 2 heteroatoms. The molecule has 3 saturated carbocycles. The van der Waals surface area contributed by atoms with Gasteiger partial charge < -0.3 is 0 Å². The van der Waals surface area contributed by atoms with E-state index in [1.165, 1.54) is 56.2 Å². The predicted molar refractivity (Wildman–Crippen MR) is 111 cm³/mol. The van der Waals surface area contributed by atoms with Gasteiger partial charge in [-0.25, -0.2) is 0 Å². The largest absolute Gasteiger partial charge is 0.299 e. The Morgan fingerprint density at radius 2 is 1.92 bits per heavy atom. The normalized spacial score (nSPS) is 44.7. The van der Waals surface area contributed by atoms with Crippen LogP contribution in [-0.4, -0.2) is 18.5 Å². The zero-order valence-electron chi connectivity index (χ0n) is 17.7. The van der Waals surface area contributed by atoms with Crippen LogP contribution in [0.15, 0.2) is 16.6 Å². The summed E-state index contributed by atoms with van der Waals surface area (Å²) in [6, 6.07) is 0. The molecule has 0 spiro atoms. The van der Waals surface area contributed by atoms with Gasteiger partial charge in [-0.2, -0.15) is 0 Å². The van der Waals surface area contributed by atoms with Gasteiger partial charge in [-0.15, -0.1) is 0 Å². The Bertz CT molecular complexity index is 591. The summed E-state index contributed by atoms with van der Waals surface area (Å²) in [6.07, 6.45) is 13.2. The van der Waals surface area contributed by atoms with E-state index in [9.17, 15) is 4.79 Å². The lowest BCUT2D eigenvalue weighted by Gasteiger charge is -2.57. The second-order valence-corrected chi connectivity index (χ2v) is 9.70. The topological polar surface area (TPSA) is 29.4 Å². The number of allylic oxidation sites excluding steroid dienone is 2. The molecule has 0 radical (unpaired) electrons. The molecule has 2 nitrogen and oxygen atoms in total. The van der Waals surface area contributed by atoms with E-state index in [0.717, 1.165) is 37.0 Å². The number of fused-ring (bicyclic) bond motifs is 3. The van der Waals surface area contributed by atoms with Crippen molar-refractivity contribution < 1.29 is 4.79 Å². The molecule has 0 saturated heterocycles. The van der Waals surface area contributed by atoms with Crippen LogP contribution in [0.5, 0.6) is 0 Å². The third-order valence-corrected chi connectivity index (χ3v) is 8.69. The van der Waals surface area contributed by atoms with E-state index in [-0.39, 0.29) is 5.41 Å². The number of carbonyl (C=O) groups is 1. The number of aliphatic imine (C=N–C) groups is 1. The molecule has 0 aromatic heterocycles. The molecule has 6 unspecified atom stereocenters. The van der Waals surface area contributed by atoms with Gasteiger partial charge >= 0.3 is 0 Å². The first-order valence-electron chi connectivity index (χ1n) is 11.1. The second-order valence-electron chi connectivity index (χ2n) is 9.70. The molecule has 3 fully saturated rings. The van der Waals surface area contributed by atoms with Crippen molar-refractivity contribution in [1.82, 2.24) is 0 Å². The molecule has 0 aromatic carbocycles. The third-order valence-electron chi connectivity index (χ3n) is 8.69. The highest BCUT2D eigenvalue weighted by molar-refractivity contribution is 5.85. The summed E-state index contributed by atoms with van der Waals surface area (Å²) in [5, 5.41) is 0. The van der Waals surface area contributed by atoms with Crippen molar-refractivity contribution in [1.29, 1.82) is 0 Å². The highest BCUT2D eigenvalue weighted by atomic mass is 16.1. The van der Waals surface area contributed by atoms with E-state index in [1.807, 2.05) is 6.08 Å². The molecule has 3 aliphatic carbocycles. The molecule has 0 heterocycles. The van der Waals surface area contributed by atoms with Gasteiger partial charge in [0.25, 0.3) is 0 Å². The fourth-order valence-electron chi connectivity index (χ4n) is 7.59. The number of hydrogen-bond acceptors (Lipinski definition) is 2. The van der Waals surface area contributed by atoms with Crippen LogP contribution in [0.25, 0.3) is 0 Å². The first-order chi connectivity index (χ1) is 12.4. The molecule has 0 N–H and O–H groups in total. The molecule has 0 aliphatic heterocycles. The maximum absolute atomic E-state index is 11.2. The van der Waals surface area contributed by atoms with E-state index in [2.05, 4.69) is 34.6 Å². The molecule has 3 aliphatic rings. The minimum atomic E-state index is 0.241. The summed E-state index contributed by atoms with van der Waals surface area (Å²) in [5.41, 5.74) is 3.54. The second kappa shape index (κ2) is 7.60. The Kier molecular flexibility index (Phi) is 5.80. The lowest BCUT2D eigenvalue weighted by molar-refractivity contribution is -0.104. The molecule has 146 valence electrons. The van der Waals surface area contributed by atoms with Crippen molar-refractivity contribution in [3.05, 3.63) is 11.6 Å². The van der Waals surface area contributed by atoms with Crippen molar-refractivity contribution in [2.24, 2.45) is 39.5 Å². The van der Waals surface area contributed by atoms with Crippen LogP contribution in [0, 0.1) is 34.5 Å². The summed E-state index contributed by atoms with van der Waals surface area (Å²) in [6.45, 7) is 12.7. The van der Waals surface area contributed by atoms with Crippen LogP contribution in [0.3, 0.4) is 0 Å². The van der Waals surface area contributed by atoms with Crippen LogP contribution < -0.4 is 0 Å². The molecule has 0 amide bonds. The van der Waals surface area contributed by atoms with E-state index >= 15 is 0 Å². The minimum absolute atomic E-state index is 0.241. The minimum Gasteiger partial charge on any atom is -0.299 e. The van der Waals surface area contributed by atoms with Gasteiger partial charge in [0, 0.05) is 18.2 Å². The summed E-state index contributed by atoms with van der Waals surface area (Å²) in [5.74, 6) is 3.15. The van der Waals surface area contributed by atoms with Crippen molar-refractivity contribution in [2.45, 2.75) is 86.0 Å². The summed E-state index contributed by atoms with van der Waals surface area (Å²) < 4.78 is 0. The smallest absolute Gasteiger partial charge is 0.142 e. The third kappa shape index (κ3) is 3.02. The van der Waals surface area contributed by atoms with E-state index in [4.69, 9.17) is 4.99 Å². The zero-order chi connectivity index (χ0) is 18.9. The number of aldehydes is 1.